The lowest BCUT2D eigenvalue weighted by Crippen LogP contribution is -2.14. The first-order chi connectivity index (χ1) is 9.04. The number of halogens is 2. The highest BCUT2D eigenvalue weighted by molar-refractivity contribution is 9.10. The van der Waals surface area contributed by atoms with Gasteiger partial charge in [-0.1, -0.05) is 23.7 Å². The van der Waals surface area contributed by atoms with E-state index in [2.05, 4.69) is 21.2 Å². The zero-order chi connectivity index (χ0) is 13.8. The predicted molar refractivity (Wildman–Crippen MR) is 82.3 cm³/mol. The lowest BCUT2D eigenvalue weighted by molar-refractivity contribution is -0.115. The summed E-state index contributed by atoms with van der Waals surface area (Å²) in [5.74, 6) is -0.103. The van der Waals surface area contributed by atoms with Crippen molar-refractivity contribution >= 4 is 44.8 Å². The minimum Gasteiger partial charge on any atom is -0.399 e. The summed E-state index contributed by atoms with van der Waals surface area (Å²) in [6.45, 7) is 0. The monoisotopic (exact) mass is 338 g/mol. The smallest absolute Gasteiger partial charge is 0.228 e. The molecule has 3 nitrogen and oxygen atoms in total. The fraction of sp³-hybridized carbons (Fsp3) is 0.0714. The molecule has 2 aromatic rings. The van der Waals surface area contributed by atoms with Crippen LogP contribution < -0.4 is 11.1 Å². The van der Waals surface area contributed by atoms with Crippen LogP contribution in [0.15, 0.2) is 46.9 Å². The maximum Gasteiger partial charge on any atom is 0.228 e. The van der Waals surface area contributed by atoms with E-state index in [0.29, 0.717) is 16.4 Å². The van der Waals surface area contributed by atoms with Crippen LogP contribution in [0.4, 0.5) is 11.4 Å². The first-order valence-corrected chi connectivity index (χ1v) is 6.81. The molecule has 0 aromatic heterocycles. The Kier molecular flexibility index (Phi) is 4.45. The first-order valence-electron chi connectivity index (χ1n) is 5.64. The Bertz CT molecular complexity index is 616. The van der Waals surface area contributed by atoms with Crippen LogP contribution in [0.25, 0.3) is 0 Å². The van der Waals surface area contributed by atoms with Crippen LogP contribution in [-0.2, 0) is 11.2 Å². The van der Waals surface area contributed by atoms with Crippen LogP contribution in [0, 0.1) is 0 Å². The lowest BCUT2D eigenvalue weighted by atomic mass is 10.1. The van der Waals surface area contributed by atoms with Gasteiger partial charge in [-0.25, -0.2) is 0 Å². The van der Waals surface area contributed by atoms with Crippen molar-refractivity contribution in [2.45, 2.75) is 6.42 Å². The van der Waals surface area contributed by atoms with Crippen LogP contribution in [0.3, 0.4) is 0 Å². The highest BCUT2D eigenvalue weighted by Gasteiger charge is 2.07. The molecule has 2 rings (SSSR count). The number of carbonyl (C=O) groups excluding carboxylic acids is 1. The quantitative estimate of drug-likeness (QED) is 0.834. The Labute approximate surface area is 124 Å². The molecule has 1 amide bonds. The van der Waals surface area contributed by atoms with E-state index in [9.17, 15) is 4.79 Å². The van der Waals surface area contributed by atoms with Crippen molar-refractivity contribution in [2.75, 3.05) is 11.1 Å². The van der Waals surface area contributed by atoms with Crippen molar-refractivity contribution in [2.24, 2.45) is 0 Å². The Morgan fingerprint density at radius 1 is 1.26 bits per heavy atom. The normalized spacial score (nSPS) is 10.2. The molecule has 2 aromatic carbocycles. The second-order valence-electron chi connectivity index (χ2n) is 4.09. The summed E-state index contributed by atoms with van der Waals surface area (Å²) in [6.07, 6.45) is 0.278. The molecular formula is C14H12BrClN2O. The van der Waals surface area contributed by atoms with Crippen LogP contribution in [0.5, 0.6) is 0 Å². The van der Waals surface area contributed by atoms with Crippen LogP contribution >= 0.6 is 27.5 Å². The summed E-state index contributed by atoms with van der Waals surface area (Å²) in [6, 6.07) is 12.5. The van der Waals surface area contributed by atoms with Crippen LogP contribution in [0.2, 0.25) is 5.02 Å². The average molecular weight is 340 g/mol. The molecule has 3 N–H and O–H groups in total. The maximum atomic E-state index is 11.9. The first kappa shape index (κ1) is 13.9. The largest absolute Gasteiger partial charge is 0.399 e. The zero-order valence-corrected chi connectivity index (χ0v) is 12.3. The maximum absolute atomic E-state index is 11.9. The highest BCUT2D eigenvalue weighted by atomic mass is 79.9. The van der Waals surface area contributed by atoms with Crippen molar-refractivity contribution in [1.82, 2.24) is 0 Å². The molecule has 0 spiro atoms. The number of hydrogen-bond acceptors (Lipinski definition) is 2. The third-order valence-corrected chi connectivity index (χ3v) is 3.41. The summed E-state index contributed by atoms with van der Waals surface area (Å²) in [5, 5.41) is 3.43. The molecule has 0 aliphatic heterocycles. The number of hydrogen-bond donors (Lipinski definition) is 2. The van der Waals surface area contributed by atoms with E-state index in [1.807, 2.05) is 12.1 Å². The minimum atomic E-state index is -0.103. The number of carbonyl (C=O) groups is 1. The summed E-state index contributed by atoms with van der Waals surface area (Å²) >= 11 is 9.20. The predicted octanol–water partition coefficient (Wildman–Crippen LogP) is 3.87. The van der Waals surface area contributed by atoms with E-state index < -0.39 is 0 Å². The number of benzene rings is 2. The standard InChI is InChI=1S/C14H12BrClN2O/c15-12-8-10(16)4-5-13(12)18-14(19)7-9-2-1-3-11(17)6-9/h1-6,8H,7,17H2,(H,18,19). The second-order valence-corrected chi connectivity index (χ2v) is 5.38. The fourth-order valence-electron chi connectivity index (χ4n) is 1.67. The van der Waals surface area contributed by atoms with Crippen molar-refractivity contribution in [1.29, 1.82) is 0 Å². The topological polar surface area (TPSA) is 55.1 Å². The molecule has 0 saturated heterocycles. The van der Waals surface area contributed by atoms with E-state index in [1.54, 1.807) is 30.3 Å². The Balaban J connectivity index is 2.05. The van der Waals surface area contributed by atoms with Gasteiger partial charge in [0, 0.05) is 15.2 Å². The average Bonchev–Trinajstić information content (AvgIpc) is 2.33. The number of nitrogens with one attached hydrogen (secondary N) is 1. The number of nitrogen functional groups attached to an aromatic ring is 1. The third-order valence-electron chi connectivity index (χ3n) is 2.52. The number of rotatable bonds is 3. The summed E-state index contributed by atoms with van der Waals surface area (Å²) < 4.78 is 0.751. The van der Waals surface area contributed by atoms with Crippen molar-refractivity contribution in [3.63, 3.8) is 0 Å². The van der Waals surface area contributed by atoms with Gasteiger partial charge in [-0.05, 0) is 51.8 Å². The molecule has 98 valence electrons. The molecule has 0 heterocycles. The van der Waals surface area contributed by atoms with Crippen molar-refractivity contribution < 1.29 is 4.79 Å². The molecular weight excluding hydrogens is 328 g/mol. The van der Waals surface area contributed by atoms with Gasteiger partial charge in [-0.15, -0.1) is 0 Å². The highest BCUT2D eigenvalue weighted by Crippen LogP contribution is 2.26. The van der Waals surface area contributed by atoms with Crippen LogP contribution in [-0.4, -0.2) is 5.91 Å². The van der Waals surface area contributed by atoms with Gasteiger partial charge < -0.3 is 11.1 Å². The number of anilines is 2. The van der Waals surface area contributed by atoms with E-state index >= 15 is 0 Å². The molecule has 0 bridgehead atoms. The molecule has 5 heteroatoms. The lowest BCUT2D eigenvalue weighted by Gasteiger charge is -2.08. The SMILES string of the molecule is Nc1cccc(CC(=O)Nc2ccc(Cl)cc2Br)c1. The van der Waals surface area contributed by atoms with Gasteiger partial charge in [0.15, 0.2) is 0 Å². The van der Waals surface area contributed by atoms with Gasteiger partial charge in [0.25, 0.3) is 0 Å². The van der Waals surface area contributed by atoms with E-state index in [1.165, 1.54) is 0 Å². The van der Waals surface area contributed by atoms with Crippen molar-refractivity contribution in [3.8, 4) is 0 Å². The fourth-order valence-corrected chi connectivity index (χ4v) is 2.46. The van der Waals surface area contributed by atoms with Gasteiger partial charge in [-0.3, -0.25) is 4.79 Å². The summed E-state index contributed by atoms with van der Waals surface area (Å²) in [5.41, 5.74) is 7.89. The van der Waals surface area contributed by atoms with Gasteiger partial charge in [0.05, 0.1) is 12.1 Å². The summed E-state index contributed by atoms with van der Waals surface area (Å²) in [7, 11) is 0. The second kappa shape index (κ2) is 6.08. The Morgan fingerprint density at radius 3 is 2.74 bits per heavy atom. The van der Waals surface area contributed by atoms with E-state index in [4.69, 9.17) is 17.3 Å². The Hall–Kier alpha value is -1.52. The van der Waals surface area contributed by atoms with Gasteiger partial charge >= 0.3 is 0 Å². The van der Waals surface area contributed by atoms with Crippen molar-refractivity contribution in [3.05, 3.63) is 57.5 Å². The molecule has 19 heavy (non-hydrogen) atoms. The van der Waals surface area contributed by atoms with Gasteiger partial charge in [0.2, 0.25) is 5.91 Å². The zero-order valence-electron chi connectivity index (χ0n) is 9.99. The minimum absolute atomic E-state index is 0.103. The molecule has 0 unspecified atom stereocenters. The Morgan fingerprint density at radius 2 is 2.05 bits per heavy atom. The summed E-state index contributed by atoms with van der Waals surface area (Å²) in [4.78, 5) is 11.9. The van der Waals surface area contributed by atoms with Gasteiger partial charge in [-0.2, -0.15) is 0 Å². The molecule has 0 radical (unpaired) electrons. The molecule has 0 atom stereocenters. The number of amides is 1. The molecule has 0 aliphatic rings. The van der Waals surface area contributed by atoms with Crippen LogP contribution in [0.1, 0.15) is 5.56 Å². The number of nitrogens with two attached hydrogens (primary N) is 1. The molecule has 0 saturated carbocycles. The molecule has 0 fully saturated rings. The van der Waals surface area contributed by atoms with E-state index in [-0.39, 0.29) is 12.3 Å². The third kappa shape index (κ3) is 3.98. The van der Waals surface area contributed by atoms with Gasteiger partial charge in [0.1, 0.15) is 0 Å². The molecule has 0 aliphatic carbocycles. The van der Waals surface area contributed by atoms with E-state index in [0.717, 1.165) is 10.0 Å².